The standard InChI is InChI=1S/C25H32N2O4/c1-4-18-31-23-12-10-20(19-24(23)30-5-2)11-13-25(28)27-16-14-26(15-17-27)21-8-6-7-9-22(21)29-3/h6-13,19H,4-5,14-18H2,1-3H3/b13-11+. The zero-order valence-corrected chi connectivity index (χ0v) is 18.7. The summed E-state index contributed by atoms with van der Waals surface area (Å²) >= 11 is 0. The number of piperazine rings is 1. The van der Waals surface area contributed by atoms with Gasteiger partial charge in [-0.2, -0.15) is 0 Å². The highest BCUT2D eigenvalue weighted by molar-refractivity contribution is 5.92. The van der Waals surface area contributed by atoms with Gasteiger partial charge in [0.1, 0.15) is 5.75 Å². The minimum atomic E-state index is 0.0175. The second-order valence-electron chi connectivity index (χ2n) is 7.31. The molecule has 31 heavy (non-hydrogen) atoms. The first-order valence-corrected chi connectivity index (χ1v) is 10.9. The predicted molar refractivity (Wildman–Crippen MR) is 124 cm³/mol. The first kappa shape index (κ1) is 22.5. The van der Waals surface area contributed by atoms with Crippen molar-refractivity contribution < 1.29 is 19.0 Å². The molecule has 1 amide bonds. The summed E-state index contributed by atoms with van der Waals surface area (Å²) in [5, 5.41) is 0. The average Bonchev–Trinajstić information content (AvgIpc) is 2.82. The van der Waals surface area contributed by atoms with Crippen molar-refractivity contribution in [3.63, 3.8) is 0 Å². The van der Waals surface area contributed by atoms with E-state index in [-0.39, 0.29) is 5.91 Å². The van der Waals surface area contributed by atoms with Crippen LogP contribution in [-0.4, -0.2) is 57.3 Å². The van der Waals surface area contributed by atoms with Gasteiger partial charge in [-0.15, -0.1) is 0 Å². The van der Waals surface area contributed by atoms with Gasteiger partial charge in [0.25, 0.3) is 0 Å². The molecule has 6 heteroatoms. The molecular formula is C25H32N2O4. The number of methoxy groups -OCH3 is 1. The maximum atomic E-state index is 12.7. The summed E-state index contributed by atoms with van der Waals surface area (Å²) in [6.07, 6.45) is 4.41. The van der Waals surface area contributed by atoms with E-state index in [1.54, 1.807) is 13.2 Å². The fraction of sp³-hybridized carbons (Fsp3) is 0.400. The van der Waals surface area contributed by atoms with E-state index < -0.39 is 0 Å². The topological polar surface area (TPSA) is 51.2 Å². The van der Waals surface area contributed by atoms with Crippen LogP contribution in [0.5, 0.6) is 17.2 Å². The maximum absolute atomic E-state index is 12.7. The molecule has 1 aliphatic heterocycles. The third kappa shape index (κ3) is 5.94. The van der Waals surface area contributed by atoms with E-state index in [1.165, 1.54) is 0 Å². The van der Waals surface area contributed by atoms with Crippen LogP contribution >= 0.6 is 0 Å². The number of anilines is 1. The summed E-state index contributed by atoms with van der Waals surface area (Å²) in [6, 6.07) is 13.7. The second-order valence-corrected chi connectivity index (χ2v) is 7.31. The van der Waals surface area contributed by atoms with Crippen molar-refractivity contribution in [2.75, 3.05) is 51.4 Å². The van der Waals surface area contributed by atoms with Crippen LogP contribution in [0.4, 0.5) is 5.69 Å². The van der Waals surface area contributed by atoms with E-state index in [0.717, 1.165) is 42.3 Å². The van der Waals surface area contributed by atoms with Gasteiger partial charge in [-0.1, -0.05) is 25.1 Å². The molecule has 166 valence electrons. The first-order valence-electron chi connectivity index (χ1n) is 10.9. The minimum absolute atomic E-state index is 0.0175. The molecule has 0 spiro atoms. The minimum Gasteiger partial charge on any atom is -0.495 e. The lowest BCUT2D eigenvalue weighted by Gasteiger charge is -2.36. The van der Waals surface area contributed by atoms with Gasteiger partial charge < -0.3 is 24.0 Å². The van der Waals surface area contributed by atoms with Crippen LogP contribution in [0.15, 0.2) is 48.5 Å². The van der Waals surface area contributed by atoms with Crippen LogP contribution in [0, 0.1) is 0 Å². The lowest BCUT2D eigenvalue weighted by Crippen LogP contribution is -2.48. The van der Waals surface area contributed by atoms with Crippen LogP contribution in [0.1, 0.15) is 25.8 Å². The normalized spacial score (nSPS) is 14.0. The number of hydrogen-bond acceptors (Lipinski definition) is 5. The van der Waals surface area contributed by atoms with Crippen LogP contribution in [-0.2, 0) is 4.79 Å². The lowest BCUT2D eigenvalue weighted by atomic mass is 10.1. The molecule has 0 N–H and O–H groups in total. The number of benzene rings is 2. The summed E-state index contributed by atoms with van der Waals surface area (Å²) in [4.78, 5) is 16.8. The van der Waals surface area contributed by atoms with Crippen LogP contribution in [0.2, 0.25) is 0 Å². The Bertz CT molecular complexity index is 889. The van der Waals surface area contributed by atoms with E-state index in [0.29, 0.717) is 32.1 Å². The van der Waals surface area contributed by atoms with Crippen molar-refractivity contribution in [3.8, 4) is 17.2 Å². The predicted octanol–water partition coefficient (Wildman–Crippen LogP) is 4.24. The van der Waals surface area contributed by atoms with E-state index >= 15 is 0 Å². The smallest absolute Gasteiger partial charge is 0.246 e. The van der Waals surface area contributed by atoms with Gasteiger partial charge in [-0.05, 0) is 49.2 Å². The molecule has 0 radical (unpaired) electrons. The Hall–Kier alpha value is -3.15. The van der Waals surface area contributed by atoms with Crippen molar-refractivity contribution in [2.45, 2.75) is 20.3 Å². The van der Waals surface area contributed by atoms with Gasteiger partial charge in [0, 0.05) is 32.3 Å². The van der Waals surface area contributed by atoms with Crippen molar-refractivity contribution in [3.05, 3.63) is 54.1 Å². The van der Waals surface area contributed by atoms with Crippen molar-refractivity contribution in [1.29, 1.82) is 0 Å². The molecule has 1 fully saturated rings. The van der Waals surface area contributed by atoms with Crippen LogP contribution in [0.3, 0.4) is 0 Å². The van der Waals surface area contributed by atoms with E-state index in [9.17, 15) is 4.79 Å². The monoisotopic (exact) mass is 424 g/mol. The third-order valence-electron chi connectivity index (χ3n) is 5.16. The molecule has 3 rings (SSSR count). The number of rotatable bonds is 9. The molecule has 0 aromatic heterocycles. The Morgan fingerprint density at radius 3 is 2.45 bits per heavy atom. The Morgan fingerprint density at radius 1 is 0.968 bits per heavy atom. The molecule has 1 aliphatic rings. The number of hydrogen-bond donors (Lipinski definition) is 0. The Morgan fingerprint density at radius 2 is 1.74 bits per heavy atom. The van der Waals surface area contributed by atoms with Gasteiger partial charge in [0.15, 0.2) is 11.5 Å². The molecule has 1 saturated heterocycles. The fourth-order valence-electron chi connectivity index (χ4n) is 3.56. The molecule has 0 aliphatic carbocycles. The average molecular weight is 425 g/mol. The molecule has 2 aromatic rings. The van der Waals surface area contributed by atoms with Crippen molar-refractivity contribution >= 4 is 17.7 Å². The number of nitrogens with zero attached hydrogens (tertiary/aromatic N) is 2. The highest BCUT2D eigenvalue weighted by atomic mass is 16.5. The van der Waals surface area contributed by atoms with Gasteiger partial charge in [-0.25, -0.2) is 0 Å². The maximum Gasteiger partial charge on any atom is 0.246 e. The first-order chi connectivity index (χ1) is 15.2. The zero-order valence-electron chi connectivity index (χ0n) is 18.7. The van der Waals surface area contributed by atoms with Crippen LogP contribution < -0.4 is 19.1 Å². The number of amides is 1. The number of para-hydroxylation sites is 2. The second kappa shape index (κ2) is 11.3. The summed E-state index contributed by atoms with van der Waals surface area (Å²) in [6.45, 7) is 8.12. The zero-order chi connectivity index (χ0) is 22.1. The van der Waals surface area contributed by atoms with Crippen LogP contribution in [0.25, 0.3) is 6.08 Å². The lowest BCUT2D eigenvalue weighted by molar-refractivity contribution is -0.126. The van der Waals surface area contributed by atoms with E-state index in [4.69, 9.17) is 14.2 Å². The molecule has 0 saturated carbocycles. The Balaban J connectivity index is 1.60. The van der Waals surface area contributed by atoms with Crippen molar-refractivity contribution in [1.82, 2.24) is 4.90 Å². The third-order valence-corrected chi connectivity index (χ3v) is 5.16. The molecule has 6 nitrogen and oxygen atoms in total. The van der Waals surface area contributed by atoms with Gasteiger partial charge >= 0.3 is 0 Å². The molecule has 2 aromatic carbocycles. The van der Waals surface area contributed by atoms with Gasteiger partial charge in [0.05, 0.1) is 26.0 Å². The summed E-state index contributed by atoms with van der Waals surface area (Å²) in [7, 11) is 1.68. The fourth-order valence-corrected chi connectivity index (χ4v) is 3.56. The molecular weight excluding hydrogens is 392 g/mol. The highest BCUT2D eigenvalue weighted by Crippen LogP contribution is 2.30. The highest BCUT2D eigenvalue weighted by Gasteiger charge is 2.21. The molecule has 0 bridgehead atoms. The summed E-state index contributed by atoms with van der Waals surface area (Å²) in [5.41, 5.74) is 1.98. The Labute approximate surface area is 185 Å². The molecule has 0 unspecified atom stereocenters. The molecule has 0 atom stereocenters. The van der Waals surface area contributed by atoms with Crippen molar-refractivity contribution in [2.24, 2.45) is 0 Å². The summed E-state index contributed by atoms with van der Waals surface area (Å²) < 4.78 is 16.9. The SMILES string of the molecule is CCCOc1ccc(/C=C/C(=O)N2CCN(c3ccccc3OC)CC2)cc1OCC. The number of carbonyl (C=O) groups excluding carboxylic acids is 1. The Kier molecular flexibility index (Phi) is 8.21. The van der Waals surface area contributed by atoms with Gasteiger partial charge in [0.2, 0.25) is 5.91 Å². The number of carbonyl (C=O) groups is 1. The molecule has 1 heterocycles. The van der Waals surface area contributed by atoms with E-state index in [1.807, 2.05) is 54.3 Å². The van der Waals surface area contributed by atoms with Gasteiger partial charge in [-0.3, -0.25) is 4.79 Å². The van der Waals surface area contributed by atoms with E-state index in [2.05, 4.69) is 17.9 Å². The quantitative estimate of drug-likeness (QED) is 0.564. The summed E-state index contributed by atoms with van der Waals surface area (Å²) in [5.74, 6) is 2.32. The largest absolute Gasteiger partial charge is 0.495 e. The number of ether oxygens (including phenoxy) is 3.